The molecule has 1 aromatic rings. The van der Waals surface area contributed by atoms with Crippen LogP contribution in [-0.4, -0.2) is 28.9 Å². The van der Waals surface area contributed by atoms with Crippen molar-refractivity contribution in [3.8, 4) is 5.75 Å². The van der Waals surface area contributed by atoms with Crippen LogP contribution in [0.1, 0.15) is 23.7 Å². The van der Waals surface area contributed by atoms with E-state index in [0.717, 1.165) is 6.54 Å². The van der Waals surface area contributed by atoms with Crippen LogP contribution < -0.4 is 5.32 Å². The molecule has 0 aromatic heterocycles. The second kappa shape index (κ2) is 5.70. The minimum atomic E-state index is -0.566. The molecule has 4 nitrogen and oxygen atoms in total. The molecule has 0 heterocycles. The smallest absolute Gasteiger partial charge is 0.121 e. The topological polar surface area (TPSA) is 72.7 Å². The number of aliphatic hydroxyl groups is 2. The van der Waals surface area contributed by atoms with E-state index < -0.39 is 6.10 Å². The van der Waals surface area contributed by atoms with Gasteiger partial charge in [-0.1, -0.05) is 6.07 Å². The van der Waals surface area contributed by atoms with E-state index in [1.54, 1.807) is 12.1 Å². The zero-order valence-electron chi connectivity index (χ0n) is 8.77. The van der Waals surface area contributed by atoms with Gasteiger partial charge in [0.15, 0.2) is 0 Å². The Bertz CT molecular complexity index is 315. The van der Waals surface area contributed by atoms with Crippen LogP contribution in [0.4, 0.5) is 0 Å². The Labute approximate surface area is 89.2 Å². The Morgan fingerprint density at radius 3 is 2.73 bits per heavy atom. The maximum Gasteiger partial charge on any atom is 0.121 e. The molecular weight excluding hydrogens is 194 g/mol. The SMILES string of the molecule is CNCCC(O)c1ccc(O)c(CO)c1. The molecule has 84 valence electrons. The Morgan fingerprint density at radius 1 is 1.40 bits per heavy atom. The van der Waals surface area contributed by atoms with E-state index in [4.69, 9.17) is 5.11 Å². The number of benzene rings is 1. The number of rotatable bonds is 5. The molecule has 1 unspecified atom stereocenters. The quantitative estimate of drug-likeness (QED) is 0.573. The van der Waals surface area contributed by atoms with Crippen LogP contribution in [0.3, 0.4) is 0 Å². The van der Waals surface area contributed by atoms with E-state index in [9.17, 15) is 10.2 Å². The summed E-state index contributed by atoms with van der Waals surface area (Å²) < 4.78 is 0. The van der Waals surface area contributed by atoms with E-state index in [0.29, 0.717) is 17.5 Å². The fourth-order valence-electron chi connectivity index (χ4n) is 1.39. The zero-order valence-corrected chi connectivity index (χ0v) is 8.77. The Kier molecular flexibility index (Phi) is 4.55. The molecule has 0 fully saturated rings. The molecule has 1 atom stereocenters. The molecule has 1 rings (SSSR count). The molecule has 0 amide bonds. The first-order valence-corrected chi connectivity index (χ1v) is 4.94. The van der Waals surface area contributed by atoms with Gasteiger partial charge in [0, 0.05) is 5.56 Å². The largest absolute Gasteiger partial charge is 0.508 e. The van der Waals surface area contributed by atoms with E-state index in [-0.39, 0.29) is 12.4 Å². The van der Waals surface area contributed by atoms with Gasteiger partial charge < -0.3 is 20.6 Å². The van der Waals surface area contributed by atoms with Gasteiger partial charge in [-0.25, -0.2) is 0 Å². The van der Waals surface area contributed by atoms with E-state index >= 15 is 0 Å². The summed E-state index contributed by atoms with van der Waals surface area (Å²) in [5.74, 6) is 0.0575. The Hall–Kier alpha value is -1.10. The first-order valence-electron chi connectivity index (χ1n) is 4.94. The van der Waals surface area contributed by atoms with Crippen LogP contribution in [0, 0.1) is 0 Å². The molecule has 0 saturated heterocycles. The maximum absolute atomic E-state index is 9.76. The summed E-state index contributed by atoms with van der Waals surface area (Å²) in [6.07, 6.45) is 0.0370. The number of hydrogen-bond donors (Lipinski definition) is 4. The van der Waals surface area contributed by atoms with Crippen molar-refractivity contribution in [1.29, 1.82) is 0 Å². The summed E-state index contributed by atoms with van der Waals surface area (Å²) in [5.41, 5.74) is 1.16. The summed E-state index contributed by atoms with van der Waals surface area (Å²) in [6, 6.07) is 4.77. The lowest BCUT2D eigenvalue weighted by atomic mass is 10.0. The Morgan fingerprint density at radius 2 is 2.13 bits per heavy atom. The monoisotopic (exact) mass is 211 g/mol. The van der Waals surface area contributed by atoms with Crippen molar-refractivity contribution in [2.45, 2.75) is 19.1 Å². The predicted octanol–water partition coefficient (Wildman–Crippen LogP) is 0.527. The normalized spacial score (nSPS) is 12.7. The summed E-state index contributed by atoms with van der Waals surface area (Å²) in [6.45, 7) is 0.495. The van der Waals surface area contributed by atoms with Crippen LogP contribution >= 0.6 is 0 Å². The summed E-state index contributed by atoms with van der Waals surface area (Å²) in [4.78, 5) is 0. The highest BCUT2D eigenvalue weighted by atomic mass is 16.3. The summed E-state index contributed by atoms with van der Waals surface area (Å²) in [5, 5.41) is 31.0. The standard InChI is InChI=1S/C11H17NO3/c1-12-5-4-11(15)8-2-3-10(14)9(6-8)7-13/h2-3,6,11-15H,4-5,7H2,1H3. The average molecular weight is 211 g/mol. The van der Waals surface area contributed by atoms with E-state index in [1.807, 2.05) is 7.05 Å². The lowest BCUT2D eigenvalue weighted by Crippen LogP contribution is -2.12. The van der Waals surface area contributed by atoms with Crippen molar-refractivity contribution in [3.63, 3.8) is 0 Å². The first kappa shape index (κ1) is 12.0. The maximum atomic E-state index is 9.76. The first-order chi connectivity index (χ1) is 7.19. The molecule has 0 aliphatic rings. The number of nitrogens with one attached hydrogen (secondary N) is 1. The summed E-state index contributed by atoms with van der Waals surface area (Å²) >= 11 is 0. The molecule has 4 heteroatoms. The number of phenols is 1. The lowest BCUT2D eigenvalue weighted by Gasteiger charge is -2.12. The highest BCUT2D eigenvalue weighted by molar-refractivity contribution is 5.36. The van der Waals surface area contributed by atoms with Gasteiger partial charge in [0.1, 0.15) is 5.75 Å². The van der Waals surface area contributed by atoms with Gasteiger partial charge in [-0.2, -0.15) is 0 Å². The average Bonchev–Trinajstić information content (AvgIpc) is 2.26. The summed E-state index contributed by atoms with van der Waals surface area (Å²) in [7, 11) is 1.82. The highest BCUT2D eigenvalue weighted by Gasteiger charge is 2.09. The molecule has 0 saturated carbocycles. The second-order valence-corrected chi connectivity index (χ2v) is 3.45. The van der Waals surface area contributed by atoms with Crippen molar-refractivity contribution in [2.75, 3.05) is 13.6 Å². The molecule has 0 spiro atoms. The van der Waals surface area contributed by atoms with Gasteiger partial charge in [0.05, 0.1) is 12.7 Å². The van der Waals surface area contributed by atoms with Crippen LogP contribution in [0.2, 0.25) is 0 Å². The number of hydrogen-bond acceptors (Lipinski definition) is 4. The lowest BCUT2D eigenvalue weighted by molar-refractivity contribution is 0.167. The molecule has 1 aromatic carbocycles. The van der Waals surface area contributed by atoms with Crippen molar-refractivity contribution >= 4 is 0 Å². The third-order valence-corrected chi connectivity index (χ3v) is 2.33. The van der Waals surface area contributed by atoms with Crippen molar-refractivity contribution in [1.82, 2.24) is 5.32 Å². The fraction of sp³-hybridized carbons (Fsp3) is 0.455. The fourth-order valence-corrected chi connectivity index (χ4v) is 1.39. The van der Waals surface area contributed by atoms with Crippen LogP contribution in [0.15, 0.2) is 18.2 Å². The van der Waals surface area contributed by atoms with Gasteiger partial charge in [-0.15, -0.1) is 0 Å². The minimum absolute atomic E-state index is 0.0575. The third kappa shape index (κ3) is 3.20. The third-order valence-electron chi connectivity index (χ3n) is 2.33. The number of aromatic hydroxyl groups is 1. The van der Waals surface area contributed by atoms with Crippen molar-refractivity contribution < 1.29 is 15.3 Å². The van der Waals surface area contributed by atoms with E-state index in [2.05, 4.69) is 5.32 Å². The molecule has 0 aliphatic heterocycles. The predicted molar refractivity (Wildman–Crippen MR) is 57.5 cm³/mol. The van der Waals surface area contributed by atoms with Gasteiger partial charge >= 0.3 is 0 Å². The minimum Gasteiger partial charge on any atom is -0.508 e. The van der Waals surface area contributed by atoms with Crippen LogP contribution in [0.5, 0.6) is 5.75 Å². The van der Waals surface area contributed by atoms with Crippen LogP contribution in [-0.2, 0) is 6.61 Å². The Balaban J connectivity index is 2.76. The van der Waals surface area contributed by atoms with Crippen LogP contribution in [0.25, 0.3) is 0 Å². The van der Waals surface area contributed by atoms with Crippen molar-refractivity contribution in [2.24, 2.45) is 0 Å². The second-order valence-electron chi connectivity index (χ2n) is 3.45. The molecule has 4 N–H and O–H groups in total. The molecular formula is C11H17NO3. The molecule has 0 radical (unpaired) electrons. The molecule has 0 bridgehead atoms. The zero-order chi connectivity index (χ0) is 11.3. The van der Waals surface area contributed by atoms with Gasteiger partial charge in [0.25, 0.3) is 0 Å². The van der Waals surface area contributed by atoms with Gasteiger partial charge in [-0.3, -0.25) is 0 Å². The van der Waals surface area contributed by atoms with Gasteiger partial charge in [-0.05, 0) is 37.7 Å². The molecule has 0 aliphatic carbocycles. The highest BCUT2D eigenvalue weighted by Crippen LogP contribution is 2.23. The van der Waals surface area contributed by atoms with Gasteiger partial charge in [0.2, 0.25) is 0 Å². The number of aliphatic hydroxyl groups excluding tert-OH is 2. The molecule has 15 heavy (non-hydrogen) atoms. The van der Waals surface area contributed by atoms with Crippen molar-refractivity contribution in [3.05, 3.63) is 29.3 Å². The van der Waals surface area contributed by atoms with E-state index in [1.165, 1.54) is 6.07 Å².